The summed E-state index contributed by atoms with van der Waals surface area (Å²) in [5.41, 5.74) is 0.848. The number of carbonyl (C=O) groups is 1. The second-order valence-corrected chi connectivity index (χ2v) is 8.09. The zero-order valence-electron chi connectivity index (χ0n) is 15.9. The van der Waals surface area contributed by atoms with E-state index in [1.54, 1.807) is 23.5 Å². The number of thiophene rings is 1. The van der Waals surface area contributed by atoms with E-state index in [1.165, 1.54) is 4.88 Å². The molecule has 6 nitrogen and oxygen atoms in total. The average molecular weight is 419 g/mol. The van der Waals surface area contributed by atoms with Gasteiger partial charge in [-0.2, -0.15) is 4.98 Å². The first-order chi connectivity index (χ1) is 13.5. The third-order valence-electron chi connectivity index (χ3n) is 4.35. The SMILES string of the molecule is CN(C)C(CNC(=O)CCCc1nc(-c2ccc(Cl)cc2)no1)c1cccs1. The van der Waals surface area contributed by atoms with Gasteiger partial charge >= 0.3 is 0 Å². The summed E-state index contributed by atoms with van der Waals surface area (Å²) in [6.07, 6.45) is 1.64. The summed E-state index contributed by atoms with van der Waals surface area (Å²) in [6, 6.07) is 11.6. The Hall–Kier alpha value is -2.22. The molecule has 0 bridgehead atoms. The summed E-state index contributed by atoms with van der Waals surface area (Å²) in [5.74, 6) is 1.09. The minimum atomic E-state index is 0.0286. The number of hydrogen-bond acceptors (Lipinski definition) is 6. The Morgan fingerprint density at radius 1 is 1.29 bits per heavy atom. The molecular weight excluding hydrogens is 396 g/mol. The van der Waals surface area contributed by atoms with Crippen LogP contribution in [0.4, 0.5) is 0 Å². The molecule has 0 aliphatic rings. The molecule has 1 amide bonds. The Morgan fingerprint density at radius 3 is 2.75 bits per heavy atom. The maximum absolute atomic E-state index is 12.2. The lowest BCUT2D eigenvalue weighted by Gasteiger charge is -2.23. The lowest BCUT2D eigenvalue weighted by atomic mass is 10.2. The van der Waals surface area contributed by atoms with Gasteiger partial charge < -0.3 is 14.7 Å². The van der Waals surface area contributed by atoms with E-state index in [4.69, 9.17) is 16.1 Å². The zero-order chi connectivity index (χ0) is 19.9. The number of aryl methyl sites for hydroxylation is 1. The minimum Gasteiger partial charge on any atom is -0.354 e. The van der Waals surface area contributed by atoms with E-state index in [1.807, 2.05) is 32.3 Å². The highest BCUT2D eigenvalue weighted by atomic mass is 35.5. The first kappa shape index (κ1) is 20.5. The molecule has 1 aromatic carbocycles. The van der Waals surface area contributed by atoms with Crippen LogP contribution in [0.25, 0.3) is 11.4 Å². The second-order valence-electron chi connectivity index (χ2n) is 6.67. The fraction of sp³-hybridized carbons (Fsp3) is 0.350. The second kappa shape index (κ2) is 9.82. The number of nitrogens with zero attached hydrogens (tertiary/aromatic N) is 3. The summed E-state index contributed by atoms with van der Waals surface area (Å²) in [4.78, 5) is 19.9. The number of aromatic nitrogens is 2. The first-order valence-corrected chi connectivity index (χ1v) is 10.3. The molecule has 8 heteroatoms. The van der Waals surface area contributed by atoms with Crippen LogP contribution in [-0.2, 0) is 11.2 Å². The molecule has 0 aliphatic heterocycles. The van der Waals surface area contributed by atoms with Crippen molar-refractivity contribution in [3.8, 4) is 11.4 Å². The predicted molar refractivity (Wildman–Crippen MR) is 111 cm³/mol. The number of amides is 1. The van der Waals surface area contributed by atoms with Crippen LogP contribution in [0.3, 0.4) is 0 Å². The third kappa shape index (κ3) is 5.64. The van der Waals surface area contributed by atoms with Crippen LogP contribution in [0.5, 0.6) is 0 Å². The van der Waals surface area contributed by atoms with Crippen LogP contribution in [0, 0.1) is 0 Å². The van der Waals surface area contributed by atoms with Gasteiger partial charge in [-0.15, -0.1) is 11.3 Å². The Morgan fingerprint density at radius 2 is 2.07 bits per heavy atom. The van der Waals surface area contributed by atoms with Gasteiger partial charge in [0, 0.05) is 34.8 Å². The van der Waals surface area contributed by atoms with Crippen LogP contribution >= 0.6 is 22.9 Å². The van der Waals surface area contributed by atoms with Crippen LogP contribution < -0.4 is 5.32 Å². The number of carbonyl (C=O) groups excluding carboxylic acids is 1. The molecule has 1 N–H and O–H groups in total. The highest BCUT2D eigenvalue weighted by molar-refractivity contribution is 7.10. The monoisotopic (exact) mass is 418 g/mol. The standard InChI is InChI=1S/C20H23ClN4O2S/c1-25(2)16(17-5-4-12-28-17)13-22-18(26)6-3-7-19-23-20(24-27-19)14-8-10-15(21)11-9-14/h4-5,8-12,16H,3,6-7,13H2,1-2H3,(H,22,26). The van der Waals surface area contributed by atoms with Crippen molar-refractivity contribution < 1.29 is 9.32 Å². The molecule has 2 heterocycles. The largest absolute Gasteiger partial charge is 0.354 e. The first-order valence-electron chi connectivity index (χ1n) is 9.08. The van der Waals surface area contributed by atoms with E-state index in [-0.39, 0.29) is 11.9 Å². The van der Waals surface area contributed by atoms with Gasteiger partial charge in [-0.3, -0.25) is 4.79 Å². The van der Waals surface area contributed by atoms with Crippen molar-refractivity contribution in [3.05, 3.63) is 57.6 Å². The number of rotatable bonds is 9. The van der Waals surface area contributed by atoms with Crippen molar-refractivity contribution in [1.29, 1.82) is 0 Å². The van der Waals surface area contributed by atoms with E-state index >= 15 is 0 Å². The van der Waals surface area contributed by atoms with Crippen LogP contribution in [0.2, 0.25) is 5.02 Å². The molecule has 2 aromatic heterocycles. The Kier molecular flexibility index (Phi) is 7.19. The molecular formula is C20H23ClN4O2S. The molecule has 0 radical (unpaired) electrons. The number of likely N-dealkylation sites (N-methyl/N-ethyl adjacent to an activating group) is 1. The lowest BCUT2D eigenvalue weighted by Crippen LogP contribution is -2.34. The Labute approximate surface area is 173 Å². The van der Waals surface area contributed by atoms with Crippen LogP contribution in [0.1, 0.15) is 29.7 Å². The van der Waals surface area contributed by atoms with Crippen molar-refractivity contribution in [2.45, 2.75) is 25.3 Å². The molecule has 1 unspecified atom stereocenters. The fourth-order valence-corrected chi connectivity index (χ4v) is 3.84. The third-order valence-corrected chi connectivity index (χ3v) is 5.58. The number of halogens is 1. The van der Waals surface area contributed by atoms with Crippen LogP contribution in [0.15, 0.2) is 46.3 Å². The van der Waals surface area contributed by atoms with Gasteiger partial charge in [0.05, 0.1) is 6.04 Å². The van der Waals surface area contributed by atoms with Gasteiger partial charge in [0.1, 0.15) is 0 Å². The molecule has 28 heavy (non-hydrogen) atoms. The predicted octanol–water partition coefficient (Wildman–Crippen LogP) is 4.19. The van der Waals surface area contributed by atoms with E-state index in [9.17, 15) is 4.79 Å². The molecule has 148 valence electrons. The van der Waals surface area contributed by atoms with Crippen molar-refractivity contribution >= 4 is 28.8 Å². The van der Waals surface area contributed by atoms with Crippen molar-refractivity contribution in [2.24, 2.45) is 0 Å². The minimum absolute atomic E-state index is 0.0286. The molecule has 0 aliphatic carbocycles. The van der Waals surface area contributed by atoms with E-state index in [0.717, 1.165) is 5.56 Å². The van der Waals surface area contributed by atoms with E-state index < -0.39 is 0 Å². The van der Waals surface area contributed by atoms with Gasteiger partial charge in [0.25, 0.3) is 0 Å². The van der Waals surface area contributed by atoms with Crippen molar-refractivity contribution in [1.82, 2.24) is 20.4 Å². The van der Waals surface area contributed by atoms with Gasteiger partial charge in [-0.1, -0.05) is 22.8 Å². The smallest absolute Gasteiger partial charge is 0.226 e. The van der Waals surface area contributed by atoms with Gasteiger partial charge in [-0.05, 0) is 56.2 Å². The van der Waals surface area contributed by atoms with Gasteiger partial charge in [-0.25, -0.2) is 0 Å². The lowest BCUT2D eigenvalue weighted by molar-refractivity contribution is -0.121. The molecule has 3 aromatic rings. The summed E-state index contributed by atoms with van der Waals surface area (Å²) in [7, 11) is 4.04. The van der Waals surface area contributed by atoms with Gasteiger partial charge in [0.2, 0.25) is 17.6 Å². The maximum Gasteiger partial charge on any atom is 0.226 e. The molecule has 1 atom stereocenters. The Bertz CT molecular complexity index is 878. The molecule has 0 fully saturated rings. The summed E-state index contributed by atoms with van der Waals surface area (Å²) >= 11 is 7.59. The summed E-state index contributed by atoms with van der Waals surface area (Å²) < 4.78 is 5.28. The Balaban J connectivity index is 1.43. The highest BCUT2D eigenvalue weighted by Gasteiger charge is 2.16. The summed E-state index contributed by atoms with van der Waals surface area (Å²) in [6.45, 7) is 0.591. The van der Waals surface area contributed by atoms with E-state index in [2.05, 4.69) is 31.8 Å². The molecule has 0 saturated carbocycles. The maximum atomic E-state index is 12.2. The highest BCUT2D eigenvalue weighted by Crippen LogP contribution is 2.22. The van der Waals surface area contributed by atoms with E-state index in [0.29, 0.717) is 42.5 Å². The fourth-order valence-electron chi connectivity index (χ4n) is 2.79. The van der Waals surface area contributed by atoms with Crippen molar-refractivity contribution in [3.63, 3.8) is 0 Å². The number of hydrogen-bond donors (Lipinski definition) is 1. The van der Waals surface area contributed by atoms with Crippen molar-refractivity contribution in [2.75, 3.05) is 20.6 Å². The number of nitrogens with one attached hydrogen (secondary N) is 1. The quantitative estimate of drug-likeness (QED) is 0.564. The van der Waals surface area contributed by atoms with Gasteiger partial charge in [0.15, 0.2) is 0 Å². The molecule has 3 rings (SSSR count). The molecule has 0 saturated heterocycles. The normalized spacial score (nSPS) is 12.3. The van der Waals surface area contributed by atoms with Crippen LogP contribution in [-0.4, -0.2) is 41.6 Å². The molecule has 0 spiro atoms. The average Bonchev–Trinajstić information content (AvgIpc) is 3.35. The summed E-state index contributed by atoms with van der Waals surface area (Å²) in [5, 5.41) is 9.72. The zero-order valence-corrected chi connectivity index (χ0v) is 17.5. The number of benzene rings is 1. The topological polar surface area (TPSA) is 71.3 Å².